The SMILES string of the molecule is CCCN(C(=O)C(=O)NCc1cc(F)cc(Cl)c1)c1ccc(C(N)=O)nc1. The van der Waals surface area contributed by atoms with Gasteiger partial charge in [0.15, 0.2) is 0 Å². The molecule has 2 rings (SSSR count). The summed E-state index contributed by atoms with van der Waals surface area (Å²) in [6.07, 6.45) is 1.89. The molecule has 142 valence electrons. The van der Waals surface area contributed by atoms with Crippen LogP contribution in [-0.4, -0.2) is 29.3 Å². The van der Waals surface area contributed by atoms with Crippen molar-refractivity contribution in [3.8, 4) is 0 Å². The molecule has 0 saturated carbocycles. The van der Waals surface area contributed by atoms with Gasteiger partial charge in [0.2, 0.25) is 0 Å². The smallest absolute Gasteiger partial charge is 0.316 e. The van der Waals surface area contributed by atoms with Crippen LogP contribution in [0.1, 0.15) is 29.4 Å². The van der Waals surface area contributed by atoms with Crippen LogP contribution in [0.2, 0.25) is 5.02 Å². The predicted molar refractivity (Wildman–Crippen MR) is 98.7 cm³/mol. The standard InChI is InChI=1S/C18H18ClFN4O3/c1-2-5-24(14-3-4-15(16(21)25)22-10-14)18(27)17(26)23-9-11-6-12(19)8-13(20)7-11/h3-4,6-8,10H,2,5,9H2,1H3,(H2,21,25)(H,23,26). The van der Waals surface area contributed by atoms with Gasteiger partial charge in [-0.05, 0) is 42.3 Å². The number of benzene rings is 1. The number of nitrogens with two attached hydrogens (primary N) is 1. The van der Waals surface area contributed by atoms with E-state index in [1.165, 1.54) is 35.4 Å². The average Bonchev–Trinajstić information content (AvgIpc) is 2.63. The normalized spacial score (nSPS) is 10.3. The van der Waals surface area contributed by atoms with Crippen molar-refractivity contribution in [3.63, 3.8) is 0 Å². The van der Waals surface area contributed by atoms with Crippen LogP contribution >= 0.6 is 11.6 Å². The summed E-state index contributed by atoms with van der Waals surface area (Å²) in [4.78, 5) is 40.9. The van der Waals surface area contributed by atoms with E-state index in [9.17, 15) is 18.8 Å². The second kappa shape index (κ2) is 9.09. The first kappa shape index (κ1) is 20.3. The first-order valence-electron chi connectivity index (χ1n) is 8.12. The molecule has 0 fully saturated rings. The molecule has 0 aliphatic carbocycles. The maximum atomic E-state index is 13.3. The number of carbonyl (C=O) groups excluding carboxylic acids is 3. The molecule has 1 heterocycles. The Morgan fingerprint density at radius 3 is 2.56 bits per heavy atom. The van der Waals surface area contributed by atoms with Crippen LogP contribution < -0.4 is 16.0 Å². The number of halogens is 2. The molecule has 27 heavy (non-hydrogen) atoms. The number of aromatic nitrogens is 1. The summed E-state index contributed by atoms with van der Waals surface area (Å²) in [6, 6.07) is 6.71. The number of hydrogen-bond donors (Lipinski definition) is 2. The van der Waals surface area contributed by atoms with E-state index in [-0.39, 0.29) is 23.8 Å². The van der Waals surface area contributed by atoms with E-state index in [2.05, 4.69) is 10.3 Å². The highest BCUT2D eigenvalue weighted by Crippen LogP contribution is 2.15. The lowest BCUT2D eigenvalue weighted by Gasteiger charge is -2.21. The Hall–Kier alpha value is -3.00. The maximum absolute atomic E-state index is 13.3. The van der Waals surface area contributed by atoms with Crippen LogP contribution in [0.3, 0.4) is 0 Å². The van der Waals surface area contributed by atoms with Crippen LogP contribution in [0.5, 0.6) is 0 Å². The second-order valence-corrected chi connectivity index (χ2v) is 6.12. The van der Waals surface area contributed by atoms with Gasteiger partial charge in [-0.3, -0.25) is 14.4 Å². The number of nitrogens with one attached hydrogen (secondary N) is 1. The zero-order valence-electron chi connectivity index (χ0n) is 14.5. The molecule has 0 atom stereocenters. The minimum Gasteiger partial charge on any atom is -0.364 e. The van der Waals surface area contributed by atoms with E-state index in [0.717, 1.165) is 6.07 Å². The van der Waals surface area contributed by atoms with Crippen molar-refractivity contribution < 1.29 is 18.8 Å². The molecule has 0 spiro atoms. The molecule has 9 heteroatoms. The van der Waals surface area contributed by atoms with E-state index in [4.69, 9.17) is 17.3 Å². The third kappa shape index (κ3) is 5.49. The van der Waals surface area contributed by atoms with Crippen LogP contribution in [0.15, 0.2) is 36.5 Å². The summed E-state index contributed by atoms with van der Waals surface area (Å²) in [5, 5.41) is 2.63. The van der Waals surface area contributed by atoms with Crippen LogP contribution in [0, 0.1) is 5.82 Å². The first-order chi connectivity index (χ1) is 12.8. The molecule has 0 aliphatic rings. The predicted octanol–water partition coefficient (Wildman–Crippen LogP) is 2.03. The number of primary amides is 1. The minimum atomic E-state index is -0.859. The molecule has 3 N–H and O–H groups in total. The van der Waals surface area contributed by atoms with Gasteiger partial charge in [-0.1, -0.05) is 18.5 Å². The molecule has 0 radical (unpaired) electrons. The minimum absolute atomic E-state index is 0.0510. The zero-order chi connectivity index (χ0) is 20.0. The summed E-state index contributed by atoms with van der Waals surface area (Å²) >= 11 is 5.77. The fourth-order valence-corrected chi connectivity index (χ4v) is 2.60. The highest BCUT2D eigenvalue weighted by atomic mass is 35.5. The van der Waals surface area contributed by atoms with E-state index in [0.29, 0.717) is 17.7 Å². The molecule has 0 saturated heterocycles. The summed E-state index contributed by atoms with van der Waals surface area (Å²) in [5.41, 5.74) is 5.98. The van der Waals surface area contributed by atoms with E-state index in [1.54, 1.807) is 0 Å². The van der Waals surface area contributed by atoms with Crippen molar-refractivity contribution in [1.82, 2.24) is 10.3 Å². The number of rotatable bonds is 6. The lowest BCUT2D eigenvalue weighted by molar-refractivity contribution is -0.137. The molecule has 2 aromatic rings. The Bertz CT molecular complexity index is 838. The Labute approximate surface area is 160 Å². The molecular weight excluding hydrogens is 375 g/mol. The second-order valence-electron chi connectivity index (χ2n) is 5.68. The van der Waals surface area contributed by atoms with Crippen molar-refractivity contribution >= 4 is 35.0 Å². The molecule has 3 amide bonds. The van der Waals surface area contributed by atoms with Gasteiger partial charge in [0.25, 0.3) is 5.91 Å². The summed E-state index contributed by atoms with van der Waals surface area (Å²) in [5.74, 6) is -2.89. The van der Waals surface area contributed by atoms with E-state index < -0.39 is 23.5 Å². The fraction of sp³-hybridized carbons (Fsp3) is 0.222. The first-order valence-corrected chi connectivity index (χ1v) is 8.50. The van der Waals surface area contributed by atoms with Gasteiger partial charge in [0.05, 0.1) is 11.9 Å². The van der Waals surface area contributed by atoms with Crippen molar-refractivity contribution in [2.45, 2.75) is 19.9 Å². The quantitative estimate of drug-likeness (QED) is 0.733. The van der Waals surface area contributed by atoms with Gasteiger partial charge < -0.3 is 16.0 Å². The van der Waals surface area contributed by atoms with Gasteiger partial charge in [-0.2, -0.15) is 0 Å². The summed E-state index contributed by atoms with van der Waals surface area (Å²) in [7, 11) is 0. The van der Waals surface area contributed by atoms with Crippen LogP contribution in [-0.2, 0) is 16.1 Å². The van der Waals surface area contributed by atoms with Crippen molar-refractivity contribution in [2.24, 2.45) is 5.73 Å². The number of nitrogens with zero attached hydrogens (tertiary/aromatic N) is 2. The topological polar surface area (TPSA) is 105 Å². The molecular formula is C18H18ClFN4O3. The Morgan fingerprint density at radius 1 is 1.26 bits per heavy atom. The molecule has 1 aromatic heterocycles. The highest BCUT2D eigenvalue weighted by Gasteiger charge is 2.23. The number of carbonyl (C=O) groups is 3. The third-order valence-electron chi connectivity index (χ3n) is 3.57. The Balaban J connectivity index is 2.10. The lowest BCUT2D eigenvalue weighted by atomic mass is 10.2. The molecule has 0 unspecified atom stereocenters. The number of hydrogen-bond acceptors (Lipinski definition) is 4. The molecule has 1 aromatic carbocycles. The van der Waals surface area contributed by atoms with Crippen molar-refractivity contribution in [2.75, 3.05) is 11.4 Å². The van der Waals surface area contributed by atoms with Gasteiger partial charge in [0, 0.05) is 18.1 Å². The molecule has 7 nitrogen and oxygen atoms in total. The van der Waals surface area contributed by atoms with E-state index >= 15 is 0 Å². The molecule has 0 bridgehead atoms. The van der Waals surface area contributed by atoms with Crippen LogP contribution in [0.25, 0.3) is 0 Å². The van der Waals surface area contributed by atoms with Gasteiger partial charge in [0.1, 0.15) is 11.5 Å². The van der Waals surface area contributed by atoms with Gasteiger partial charge in [-0.15, -0.1) is 0 Å². The maximum Gasteiger partial charge on any atom is 0.316 e. The number of pyridine rings is 1. The largest absolute Gasteiger partial charge is 0.364 e. The monoisotopic (exact) mass is 392 g/mol. The van der Waals surface area contributed by atoms with Gasteiger partial charge >= 0.3 is 11.8 Å². The van der Waals surface area contributed by atoms with Crippen molar-refractivity contribution in [3.05, 3.63) is 58.6 Å². The Kier molecular flexibility index (Phi) is 6.84. The van der Waals surface area contributed by atoms with E-state index in [1.807, 2.05) is 6.92 Å². The number of amides is 3. The fourth-order valence-electron chi connectivity index (χ4n) is 2.36. The average molecular weight is 393 g/mol. The lowest BCUT2D eigenvalue weighted by Crippen LogP contribution is -2.43. The zero-order valence-corrected chi connectivity index (χ0v) is 15.3. The summed E-state index contributed by atoms with van der Waals surface area (Å²) < 4.78 is 13.3. The number of anilines is 1. The Morgan fingerprint density at radius 2 is 2.00 bits per heavy atom. The molecule has 0 aliphatic heterocycles. The third-order valence-corrected chi connectivity index (χ3v) is 3.79. The highest BCUT2D eigenvalue weighted by molar-refractivity contribution is 6.40. The van der Waals surface area contributed by atoms with Gasteiger partial charge in [-0.25, -0.2) is 9.37 Å². The van der Waals surface area contributed by atoms with Crippen LogP contribution in [0.4, 0.5) is 10.1 Å². The summed E-state index contributed by atoms with van der Waals surface area (Å²) in [6.45, 7) is 2.06. The van der Waals surface area contributed by atoms with Crippen molar-refractivity contribution in [1.29, 1.82) is 0 Å².